The lowest BCUT2D eigenvalue weighted by molar-refractivity contribution is 0.0712. The van der Waals surface area contributed by atoms with Gasteiger partial charge in [-0.2, -0.15) is 0 Å². The molecule has 0 aliphatic carbocycles. The number of aromatic nitrogens is 3. The van der Waals surface area contributed by atoms with Crippen LogP contribution in [0.1, 0.15) is 21.7 Å². The molecule has 6 rings (SSSR count). The van der Waals surface area contributed by atoms with Gasteiger partial charge in [0.1, 0.15) is 10.6 Å². The summed E-state index contributed by atoms with van der Waals surface area (Å²) in [6.45, 7) is 2.87. The molecule has 2 aromatic heterocycles. The second kappa shape index (κ2) is 10.5. The number of rotatable bonds is 5. The summed E-state index contributed by atoms with van der Waals surface area (Å²) in [5.74, 6) is -0.401. The number of carbonyl (C=O) groups is 1. The maximum Gasteiger partial charge on any atom is 0.296 e. The fourth-order valence-electron chi connectivity index (χ4n) is 5.29. The third kappa shape index (κ3) is 4.78. The summed E-state index contributed by atoms with van der Waals surface area (Å²) in [6, 6.07) is 19.0. The summed E-state index contributed by atoms with van der Waals surface area (Å²) in [4.78, 5) is 28.2. The van der Waals surface area contributed by atoms with Crippen LogP contribution in [0.3, 0.4) is 0 Å². The highest BCUT2D eigenvalue weighted by atomic mass is 35.5. The van der Waals surface area contributed by atoms with Crippen molar-refractivity contribution in [2.24, 2.45) is 7.05 Å². The molecule has 1 N–H and O–H groups in total. The van der Waals surface area contributed by atoms with E-state index in [0.717, 1.165) is 16.6 Å². The first-order valence-corrected chi connectivity index (χ1v) is 15.5. The van der Waals surface area contributed by atoms with Crippen LogP contribution in [0.4, 0.5) is 5.69 Å². The van der Waals surface area contributed by atoms with Gasteiger partial charge in [0.25, 0.3) is 21.5 Å². The van der Waals surface area contributed by atoms with Crippen molar-refractivity contribution in [3.8, 4) is 5.69 Å². The number of nitrogens with one attached hydrogen (secondary N) is 1. The van der Waals surface area contributed by atoms with Crippen LogP contribution in [-0.4, -0.2) is 39.7 Å². The van der Waals surface area contributed by atoms with Crippen molar-refractivity contribution >= 4 is 67.3 Å². The van der Waals surface area contributed by atoms with Crippen LogP contribution in [0.15, 0.2) is 76.4 Å². The van der Waals surface area contributed by atoms with Gasteiger partial charge in [-0.25, -0.2) is 13.1 Å². The van der Waals surface area contributed by atoms with E-state index in [4.69, 9.17) is 34.8 Å². The molecule has 0 atom stereocenters. The Bertz CT molecular complexity index is 2070. The normalized spacial score (nSPS) is 13.4. The van der Waals surface area contributed by atoms with E-state index in [2.05, 4.69) is 9.29 Å². The zero-order valence-corrected chi connectivity index (χ0v) is 25.5. The minimum atomic E-state index is -4.43. The Morgan fingerprint density at radius 3 is 2.43 bits per heavy atom. The highest BCUT2D eigenvalue weighted by molar-refractivity contribution is 7.92. The summed E-state index contributed by atoms with van der Waals surface area (Å²) in [7, 11) is -2.78. The molecule has 1 aliphatic rings. The molecule has 0 saturated heterocycles. The summed E-state index contributed by atoms with van der Waals surface area (Å²) < 4.78 is 34.7. The van der Waals surface area contributed by atoms with Gasteiger partial charge in [-0.15, -0.1) is 0 Å². The van der Waals surface area contributed by atoms with Crippen LogP contribution in [0, 0.1) is 6.92 Å². The molecule has 0 unspecified atom stereocenters. The van der Waals surface area contributed by atoms with Gasteiger partial charge in [0, 0.05) is 47.3 Å². The molecule has 5 aromatic rings. The molecule has 13 heteroatoms. The minimum Gasteiger partial charge on any atom is -0.341 e. The molecule has 9 nitrogen and oxygen atoms in total. The van der Waals surface area contributed by atoms with Gasteiger partial charge >= 0.3 is 0 Å². The molecule has 3 heterocycles. The Balaban J connectivity index is 1.33. The molecule has 216 valence electrons. The second-order valence-corrected chi connectivity index (χ2v) is 12.9. The van der Waals surface area contributed by atoms with E-state index < -0.39 is 26.4 Å². The van der Waals surface area contributed by atoms with E-state index in [0.29, 0.717) is 36.0 Å². The third-order valence-electron chi connectivity index (χ3n) is 7.51. The van der Waals surface area contributed by atoms with Crippen LogP contribution in [0.5, 0.6) is 0 Å². The Labute approximate surface area is 256 Å². The number of halogens is 3. The highest BCUT2D eigenvalue weighted by Gasteiger charge is 2.29. The molecule has 0 saturated carbocycles. The molecule has 0 bridgehead atoms. The first kappa shape index (κ1) is 28.4. The van der Waals surface area contributed by atoms with Crippen molar-refractivity contribution in [3.63, 3.8) is 0 Å². The van der Waals surface area contributed by atoms with Crippen LogP contribution in [0.25, 0.3) is 16.6 Å². The Morgan fingerprint density at radius 1 is 0.952 bits per heavy atom. The molecule has 1 amide bonds. The van der Waals surface area contributed by atoms with Gasteiger partial charge < -0.3 is 9.47 Å². The average Bonchev–Trinajstić information content (AvgIpc) is 3.43. The van der Waals surface area contributed by atoms with E-state index in [1.54, 1.807) is 47.8 Å². The Kier molecular flexibility index (Phi) is 7.13. The van der Waals surface area contributed by atoms with Gasteiger partial charge in [-0.1, -0.05) is 59.1 Å². The molecular weight excluding hydrogens is 621 g/mol. The smallest absolute Gasteiger partial charge is 0.296 e. The fraction of sp³-hybridized carbons (Fsp3) is 0.172. The maximum atomic E-state index is 13.6. The standard InChI is InChI=1S/C29H24Cl3N5O4S/c1-17-27(29(39)37(34(17)2)21-6-4-3-5-7-21)33-42(40,41)25-14-19(13-23(31)26(25)32)28(38)35-10-11-36-22(16-35)12-18-8-9-20(30)15-24(18)36/h3-9,12-15,33H,10-11,16H2,1-2H3. The number of benzene rings is 3. The van der Waals surface area contributed by atoms with E-state index in [-0.39, 0.29) is 21.3 Å². The lowest BCUT2D eigenvalue weighted by Crippen LogP contribution is -2.38. The maximum absolute atomic E-state index is 13.6. The van der Waals surface area contributed by atoms with Crippen molar-refractivity contribution in [2.45, 2.75) is 24.9 Å². The Morgan fingerprint density at radius 2 is 1.69 bits per heavy atom. The zero-order valence-electron chi connectivity index (χ0n) is 22.4. The van der Waals surface area contributed by atoms with Crippen molar-refractivity contribution in [1.29, 1.82) is 0 Å². The molecule has 1 aliphatic heterocycles. The summed E-state index contributed by atoms with van der Waals surface area (Å²) in [5, 5.41) is 1.29. The number of hydrogen-bond donors (Lipinski definition) is 1. The van der Waals surface area contributed by atoms with Crippen molar-refractivity contribution < 1.29 is 13.2 Å². The molecule has 42 heavy (non-hydrogen) atoms. The van der Waals surface area contributed by atoms with E-state index in [1.807, 2.05) is 30.3 Å². The largest absolute Gasteiger partial charge is 0.341 e. The summed E-state index contributed by atoms with van der Waals surface area (Å²) in [6.07, 6.45) is 0. The van der Waals surface area contributed by atoms with Crippen LogP contribution in [-0.2, 0) is 30.2 Å². The monoisotopic (exact) mass is 643 g/mol. The number of nitrogens with zero attached hydrogens (tertiary/aromatic N) is 4. The molecule has 3 aromatic carbocycles. The Hall–Kier alpha value is -3.70. The van der Waals surface area contributed by atoms with Gasteiger partial charge in [-0.3, -0.25) is 19.0 Å². The zero-order chi connectivity index (χ0) is 29.9. The van der Waals surface area contributed by atoms with Crippen molar-refractivity contribution in [1.82, 2.24) is 18.8 Å². The number of amides is 1. The van der Waals surface area contributed by atoms with Crippen molar-refractivity contribution in [2.75, 3.05) is 11.3 Å². The first-order valence-electron chi connectivity index (χ1n) is 12.9. The van der Waals surface area contributed by atoms with E-state index >= 15 is 0 Å². The first-order chi connectivity index (χ1) is 20.0. The lowest BCUT2D eigenvalue weighted by atomic mass is 10.1. The lowest BCUT2D eigenvalue weighted by Gasteiger charge is -2.29. The number of sulfonamides is 1. The summed E-state index contributed by atoms with van der Waals surface area (Å²) >= 11 is 18.9. The third-order valence-corrected chi connectivity index (χ3v) is 10.0. The molecule has 0 spiro atoms. The van der Waals surface area contributed by atoms with E-state index in [1.165, 1.54) is 16.8 Å². The van der Waals surface area contributed by atoms with Crippen molar-refractivity contribution in [3.05, 3.63) is 109 Å². The van der Waals surface area contributed by atoms with Crippen LogP contribution < -0.4 is 10.3 Å². The van der Waals surface area contributed by atoms with Gasteiger partial charge in [0.15, 0.2) is 0 Å². The average molecular weight is 645 g/mol. The quantitative estimate of drug-likeness (QED) is 0.259. The molecular formula is C29H24Cl3N5O4S. The van der Waals surface area contributed by atoms with Crippen LogP contribution >= 0.6 is 34.8 Å². The minimum absolute atomic E-state index is 0.0591. The summed E-state index contributed by atoms with van der Waals surface area (Å²) in [5.41, 5.74) is 2.21. The molecule has 0 radical (unpaired) electrons. The predicted octanol–water partition coefficient (Wildman–Crippen LogP) is 5.86. The number of para-hydroxylation sites is 1. The number of anilines is 1. The van der Waals surface area contributed by atoms with Crippen LogP contribution in [0.2, 0.25) is 15.1 Å². The fourth-order valence-corrected chi connectivity index (χ4v) is 7.39. The number of carbonyl (C=O) groups excluding carboxylic acids is 1. The number of fused-ring (bicyclic) bond motifs is 3. The van der Waals surface area contributed by atoms with Gasteiger partial charge in [-0.05, 0) is 49.4 Å². The van der Waals surface area contributed by atoms with E-state index in [9.17, 15) is 18.0 Å². The molecule has 0 fully saturated rings. The van der Waals surface area contributed by atoms with Gasteiger partial charge in [0.05, 0.1) is 28.0 Å². The second-order valence-electron chi connectivity index (χ2n) is 10.0. The number of hydrogen-bond acceptors (Lipinski definition) is 4. The topological polar surface area (TPSA) is 98.3 Å². The predicted molar refractivity (Wildman–Crippen MR) is 165 cm³/mol. The van der Waals surface area contributed by atoms with Gasteiger partial charge in [0.2, 0.25) is 0 Å². The SMILES string of the molecule is Cc1c(NS(=O)(=O)c2cc(C(=O)N3CCn4c(cc5ccc(Cl)cc54)C3)cc(Cl)c2Cl)c(=O)n(-c2ccccc2)n1C. The highest BCUT2D eigenvalue weighted by Crippen LogP contribution is 2.34.